The SMILES string of the molecule is CC(Oc1ccccc1-c1c(C2CC(C(=O)O)CCN2)ncc(F)c1F)c1cccnc1C1CCN(C2CCOC2)CC1. The number of carboxylic acids is 1. The standard InChI is InChI=1S/C33H38F2N4O4/c1-20(24-6-4-12-37-31(24)21-9-14-39(15-10-21)23-11-16-42-19-23)43-28-7-3-2-5-25(28)29-30(35)26(34)18-38-32(29)27-17-22(33(40)41)8-13-36-27/h2-7,12,18,20-23,27,36H,8-11,13-17,19H2,1H3,(H,40,41). The van der Waals surface area contributed by atoms with Crippen molar-refractivity contribution < 1.29 is 28.2 Å². The first kappa shape index (κ1) is 29.6. The van der Waals surface area contributed by atoms with Crippen LogP contribution >= 0.6 is 0 Å². The van der Waals surface area contributed by atoms with Crippen molar-refractivity contribution in [3.05, 3.63) is 77.4 Å². The van der Waals surface area contributed by atoms with E-state index < -0.39 is 35.7 Å². The molecular formula is C33H38F2N4O4. The van der Waals surface area contributed by atoms with Gasteiger partial charge in [0.05, 0.1) is 36.2 Å². The minimum Gasteiger partial charge on any atom is -0.485 e. The highest BCUT2D eigenvalue weighted by molar-refractivity contribution is 5.74. The Hall–Kier alpha value is -3.47. The van der Waals surface area contributed by atoms with Crippen molar-refractivity contribution in [1.29, 1.82) is 0 Å². The van der Waals surface area contributed by atoms with Crippen LogP contribution in [-0.2, 0) is 9.53 Å². The lowest BCUT2D eigenvalue weighted by Crippen LogP contribution is -2.41. The van der Waals surface area contributed by atoms with Crippen LogP contribution in [0.1, 0.15) is 74.0 Å². The van der Waals surface area contributed by atoms with Crippen molar-refractivity contribution >= 4 is 5.97 Å². The molecule has 4 atom stereocenters. The second-order valence-corrected chi connectivity index (χ2v) is 11.8. The third-order valence-corrected chi connectivity index (χ3v) is 9.19. The zero-order valence-corrected chi connectivity index (χ0v) is 24.3. The zero-order valence-electron chi connectivity index (χ0n) is 24.3. The van der Waals surface area contributed by atoms with Gasteiger partial charge in [-0.25, -0.2) is 8.78 Å². The minimum absolute atomic E-state index is 0.0130. The van der Waals surface area contributed by atoms with Crippen molar-refractivity contribution in [3.8, 4) is 16.9 Å². The van der Waals surface area contributed by atoms with Crippen LogP contribution in [0.3, 0.4) is 0 Å². The average Bonchev–Trinajstić information content (AvgIpc) is 3.58. The number of likely N-dealkylation sites (tertiary alicyclic amines) is 1. The Morgan fingerprint density at radius 2 is 1.91 bits per heavy atom. The van der Waals surface area contributed by atoms with E-state index in [0.29, 0.717) is 36.2 Å². The van der Waals surface area contributed by atoms with Crippen molar-refractivity contribution in [3.63, 3.8) is 0 Å². The van der Waals surface area contributed by atoms with Gasteiger partial charge in [0.25, 0.3) is 0 Å². The highest BCUT2D eigenvalue weighted by Crippen LogP contribution is 2.41. The first-order valence-electron chi connectivity index (χ1n) is 15.2. The van der Waals surface area contributed by atoms with Crippen LogP contribution in [0.25, 0.3) is 11.1 Å². The van der Waals surface area contributed by atoms with Crippen molar-refractivity contribution in [2.75, 3.05) is 32.8 Å². The smallest absolute Gasteiger partial charge is 0.306 e. The van der Waals surface area contributed by atoms with Crippen LogP contribution < -0.4 is 10.1 Å². The van der Waals surface area contributed by atoms with E-state index in [1.165, 1.54) is 0 Å². The van der Waals surface area contributed by atoms with Crippen LogP contribution in [-0.4, -0.2) is 64.8 Å². The van der Waals surface area contributed by atoms with Crippen LogP contribution in [0.5, 0.6) is 5.75 Å². The molecule has 0 amide bonds. The van der Waals surface area contributed by atoms with Crippen molar-refractivity contribution in [2.24, 2.45) is 5.92 Å². The molecule has 3 aliphatic heterocycles. The Morgan fingerprint density at radius 3 is 2.67 bits per heavy atom. The monoisotopic (exact) mass is 592 g/mol. The largest absolute Gasteiger partial charge is 0.485 e. The molecule has 4 unspecified atom stereocenters. The quantitative estimate of drug-likeness (QED) is 0.346. The van der Waals surface area contributed by atoms with E-state index in [1.54, 1.807) is 24.3 Å². The number of nitrogens with zero attached hydrogens (tertiary/aromatic N) is 3. The fourth-order valence-electron chi connectivity index (χ4n) is 6.84. The molecule has 5 heterocycles. The molecule has 2 aromatic heterocycles. The molecule has 43 heavy (non-hydrogen) atoms. The number of aliphatic carboxylic acids is 1. The number of halogens is 2. The molecule has 3 saturated heterocycles. The molecule has 8 nitrogen and oxygen atoms in total. The fraction of sp³-hybridized carbons (Fsp3) is 0.485. The Balaban J connectivity index is 1.27. The molecule has 10 heteroatoms. The molecule has 0 aliphatic carbocycles. The van der Waals surface area contributed by atoms with E-state index in [0.717, 1.165) is 63.0 Å². The molecule has 2 N–H and O–H groups in total. The van der Waals surface area contributed by atoms with Crippen LogP contribution in [0.2, 0.25) is 0 Å². The van der Waals surface area contributed by atoms with E-state index in [-0.39, 0.29) is 17.7 Å². The van der Waals surface area contributed by atoms with E-state index in [1.807, 2.05) is 25.3 Å². The summed E-state index contributed by atoms with van der Waals surface area (Å²) < 4.78 is 42.4. The fourth-order valence-corrected chi connectivity index (χ4v) is 6.84. The molecule has 0 radical (unpaired) electrons. The number of para-hydroxylation sites is 1. The van der Waals surface area contributed by atoms with Gasteiger partial charge in [0.1, 0.15) is 11.9 Å². The predicted octanol–water partition coefficient (Wildman–Crippen LogP) is 5.66. The van der Waals surface area contributed by atoms with Gasteiger partial charge in [0.15, 0.2) is 11.6 Å². The summed E-state index contributed by atoms with van der Waals surface area (Å²) in [5.41, 5.74) is 2.61. The summed E-state index contributed by atoms with van der Waals surface area (Å²) in [5.74, 6) is -2.92. The molecule has 0 bridgehead atoms. The van der Waals surface area contributed by atoms with Gasteiger partial charge in [-0.1, -0.05) is 24.3 Å². The molecule has 0 saturated carbocycles. The molecule has 3 aromatic rings. The molecular weight excluding hydrogens is 554 g/mol. The lowest BCUT2D eigenvalue weighted by molar-refractivity contribution is -0.143. The van der Waals surface area contributed by atoms with E-state index in [9.17, 15) is 14.3 Å². The number of nitrogens with one attached hydrogen (secondary N) is 1. The highest BCUT2D eigenvalue weighted by atomic mass is 19.2. The lowest BCUT2D eigenvalue weighted by Gasteiger charge is -2.36. The number of pyridine rings is 2. The lowest BCUT2D eigenvalue weighted by atomic mass is 9.87. The van der Waals surface area contributed by atoms with Gasteiger partial charge in [0, 0.05) is 41.5 Å². The van der Waals surface area contributed by atoms with Gasteiger partial charge >= 0.3 is 5.97 Å². The summed E-state index contributed by atoms with van der Waals surface area (Å²) in [5, 5.41) is 12.9. The maximum Gasteiger partial charge on any atom is 0.306 e. The third kappa shape index (κ3) is 6.27. The van der Waals surface area contributed by atoms with Crippen LogP contribution in [0.15, 0.2) is 48.8 Å². The maximum atomic E-state index is 15.6. The number of piperidine rings is 2. The molecule has 228 valence electrons. The normalized spacial score (nSPS) is 24.1. The Labute approximate surface area is 250 Å². The summed E-state index contributed by atoms with van der Waals surface area (Å²) in [4.78, 5) is 23.3. The minimum atomic E-state index is -1.07. The molecule has 0 spiro atoms. The zero-order chi connectivity index (χ0) is 29.9. The Bertz CT molecular complexity index is 1440. The van der Waals surface area contributed by atoms with Gasteiger partial charge in [-0.05, 0) is 70.8 Å². The van der Waals surface area contributed by atoms with Gasteiger partial charge in [-0.15, -0.1) is 0 Å². The predicted molar refractivity (Wildman–Crippen MR) is 157 cm³/mol. The molecule has 3 aliphatic rings. The number of aromatic nitrogens is 2. The summed E-state index contributed by atoms with van der Waals surface area (Å²) in [7, 11) is 0. The second-order valence-electron chi connectivity index (χ2n) is 11.8. The number of carbonyl (C=O) groups is 1. The molecule has 1 aromatic carbocycles. The van der Waals surface area contributed by atoms with E-state index in [2.05, 4.69) is 15.2 Å². The summed E-state index contributed by atoms with van der Waals surface area (Å²) in [6.07, 6.45) is 6.04. The van der Waals surface area contributed by atoms with Crippen LogP contribution in [0.4, 0.5) is 8.78 Å². The topological polar surface area (TPSA) is 96.8 Å². The number of benzene rings is 1. The van der Waals surface area contributed by atoms with Crippen molar-refractivity contribution in [2.45, 2.75) is 63.1 Å². The molecule has 6 rings (SSSR count). The number of carboxylic acid groups (broad SMARTS) is 1. The molecule has 3 fully saturated rings. The third-order valence-electron chi connectivity index (χ3n) is 9.19. The number of hydrogen-bond donors (Lipinski definition) is 2. The van der Waals surface area contributed by atoms with Gasteiger partial charge in [-0.3, -0.25) is 19.7 Å². The summed E-state index contributed by atoms with van der Waals surface area (Å²) in [6.45, 7) is 6.03. The summed E-state index contributed by atoms with van der Waals surface area (Å²) in [6, 6.07) is 10.9. The number of ether oxygens (including phenoxy) is 2. The van der Waals surface area contributed by atoms with Gasteiger partial charge in [0.2, 0.25) is 0 Å². The van der Waals surface area contributed by atoms with Gasteiger partial charge < -0.3 is 19.9 Å². The van der Waals surface area contributed by atoms with Crippen molar-refractivity contribution in [1.82, 2.24) is 20.2 Å². The van der Waals surface area contributed by atoms with Gasteiger partial charge in [-0.2, -0.15) is 0 Å². The van der Waals surface area contributed by atoms with Crippen LogP contribution in [0, 0.1) is 17.6 Å². The maximum absolute atomic E-state index is 15.6. The summed E-state index contributed by atoms with van der Waals surface area (Å²) >= 11 is 0. The average molecular weight is 593 g/mol. The first-order valence-corrected chi connectivity index (χ1v) is 15.2. The highest BCUT2D eigenvalue weighted by Gasteiger charge is 2.33. The number of hydrogen-bond acceptors (Lipinski definition) is 7. The first-order chi connectivity index (χ1) is 20.9. The van der Waals surface area contributed by atoms with E-state index in [4.69, 9.17) is 14.5 Å². The van der Waals surface area contributed by atoms with E-state index >= 15 is 4.39 Å². The Morgan fingerprint density at radius 1 is 1.09 bits per heavy atom. The Kier molecular flexibility index (Phi) is 8.97. The second kappa shape index (κ2) is 13.0. The number of rotatable bonds is 8.